The third kappa shape index (κ3) is 4.05. The van der Waals surface area contributed by atoms with Gasteiger partial charge in [-0.2, -0.15) is 4.31 Å². The van der Waals surface area contributed by atoms with Gasteiger partial charge in [0, 0.05) is 19.6 Å². The number of carbonyl (C=O) groups is 1. The zero-order chi connectivity index (χ0) is 17.9. The lowest BCUT2D eigenvalue weighted by Gasteiger charge is -2.37. The molecule has 1 fully saturated rings. The maximum Gasteiger partial charge on any atom is 0.273 e. The minimum Gasteiger partial charge on any atom is -0.347 e. The summed E-state index contributed by atoms with van der Waals surface area (Å²) in [5.41, 5.74) is 1.23. The molecule has 0 aliphatic carbocycles. The number of benzene rings is 1. The summed E-state index contributed by atoms with van der Waals surface area (Å²) >= 11 is 0. The molecular weight excluding hydrogens is 342 g/mol. The summed E-state index contributed by atoms with van der Waals surface area (Å²) < 4.78 is 26.9. The second-order valence-electron chi connectivity index (χ2n) is 6.04. The van der Waals surface area contributed by atoms with Crippen molar-refractivity contribution in [3.8, 4) is 0 Å². The van der Waals surface area contributed by atoms with Crippen LogP contribution in [0.25, 0.3) is 0 Å². The molecule has 0 saturated carbocycles. The third-order valence-electron chi connectivity index (χ3n) is 4.10. The summed E-state index contributed by atoms with van der Waals surface area (Å²) in [7, 11) is -3.17. The first kappa shape index (κ1) is 17.6. The van der Waals surface area contributed by atoms with Crippen molar-refractivity contribution in [1.29, 1.82) is 0 Å². The molecule has 134 valence electrons. The number of aromatic nitrogens is 3. The van der Waals surface area contributed by atoms with Crippen LogP contribution in [-0.4, -0.2) is 52.5 Å². The zero-order valence-corrected chi connectivity index (χ0v) is 14.8. The van der Waals surface area contributed by atoms with Gasteiger partial charge in [-0.05, 0) is 12.0 Å². The van der Waals surface area contributed by atoms with Gasteiger partial charge in [0.25, 0.3) is 5.91 Å². The van der Waals surface area contributed by atoms with E-state index in [1.54, 1.807) is 10.9 Å². The molecule has 1 saturated heterocycles. The number of sulfonamides is 1. The Balaban J connectivity index is 1.54. The summed E-state index contributed by atoms with van der Waals surface area (Å²) in [6.07, 6.45) is 2.16. The van der Waals surface area contributed by atoms with Crippen molar-refractivity contribution < 1.29 is 13.2 Å². The predicted octanol–water partition coefficient (Wildman–Crippen LogP) is 0.805. The van der Waals surface area contributed by atoms with Gasteiger partial charge in [0.05, 0.1) is 18.0 Å². The molecule has 2 aromatic rings. The molecule has 1 amide bonds. The van der Waals surface area contributed by atoms with E-state index in [1.165, 1.54) is 4.31 Å². The highest BCUT2D eigenvalue weighted by molar-refractivity contribution is 7.89. The largest absolute Gasteiger partial charge is 0.347 e. The van der Waals surface area contributed by atoms with Gasteiger partial charge in [0.2, 0.25) is 10.0 Å². The predicted molar refractivity (Wildman–Crippen MR) is 92.3 cm³/mol. The molecule has 3 rings (SSSR count). The van der Waals surface area contributed by atoms with Gasteiger partial charge >= 0.3 is 0 Å². The van der Waals surface area contributed by atoms with E-state index in [-0.39, 0.29) is 23.4 Å². The average molecular weight is 363 g/mol. The van der Waals surface area contributed by atoms with Gasteiger partial charge in [0.1, 0.15) is 0 Å². The molecule has 0 radical (unpaired) electrons. The number of hydrogen-bond acceptors (Lipinski definition) is 5. The fourth-order valence-corrected chi connectivity index (χ4v) is 4.20. The zero-order valence-electron chi connectivity index (χ0n) is 14.0. The Morgan fingerprint density at radius 3 is 2.68 bits per heavy atom. The van der Waals surface area contributed by atoms with Crippen LogP contribution in [0.4, 0.5) is 0 Å². The van der Waals surface area contributed by atoms with Crippen LogP contribution in [0.1, 0.15) is 35.4 Å². The monoisotopic (exact) mass is 363 g/mol. The van der Waals surface area contributed by atoms with E-state index in [9.17, 15) is 13.2 Å². The van der Waals surface area contributed by atoms with Crippen molar-refractivity contribution in [2.24, 2.45) is 0 Å². The lowest BCUT2D eigenvalue weighted by Crippen LogP contribution is -2.51. The molecule has 1 aliphatic rings. The van der Waals surface area contributed by atoms with Gasteiger partial charge in [-0.25, -0.2) is 13.1 Å². The van der Waals surface area contributed by atoms with E-state index in [0.717, 1.165) is 5.56 Å². The van der Waals surface area contributed by atoms with E-state index in [2.05, 4.69) is 15.6 Å². The highest BCUT2D eigenvalue weighted by Crippen LogP contribution is 2.24. The number of rotatable bonds is 7. The molecule has 8 nitrogen and oxygen atoms in total. The molecule has 25 heavy (non-hydrogen) atoms. The van der Waals surface area contributed by atoms with Gasteiger partial charge in [-0.1, -0.05) is 42.5 Å². The number of amides is 1. The van der Waals surface area contributed by atoms with Crippen LogP contribution in [0.3, 0.4) is 0 Å². The van der Waals surface area contributed by atoms with Gasteiger partial charge in [-0.3, -0.25) is 4.79 Å². The third-order valence-corrected chi connectivity index (χ3v) is 6.11. The molecule has 0 unspecified atom stereocenters. The van der Waals surface area contributed by atoms with Crippen LogP contribution in [0.5, 0.6) is 0 Å². The Bertz CT molecular complexity index is 828. The van der Waals surface area contributed by atoms with E-state index in [0.29, 0.717) is 26.1 Å². The standard InChI is InChI=1S/C16H21N5O3S/c1-2-8-25(23,24)20-10-14(11-20)21-12-15(18-19-21)16(22)17-9-13-6-4-3-5-7-13/h3-7,12,14H,2,8-11H2,1H3,(H,17,22). The lowest BCUT2D eigenvalue weighted by atomic mass is 10.2. The molecule has 0 atom stereocenters. The van der Waals surface area contributed by atoms with Crippen molar-refractivity contribution in [3.05, 3.63) is 47.8 Å². The quantitative estimate of drug-likeness (QED) is 0.785. The summed E-state index contributed by atoms with van der Waals surface area (Å²) in [5.74, 6) is -0.144. The van der Waals surface area contributed by atoms with Crippen LogP contribution in [0.15, 0.2) is 36.5 Å². The van der Waals surface area contributed by atoms with Crippen molar-refractivity contribution in [2.75, 3.05) is 18.8 Å². The highest BCUT2D eigenvalue weighted by atomic mass is 32.2. The number of hydrogen-bond donors (Lipinski definition) is 1. The van der Waals surface area contributed by atoms with Crippen LogP contribution < -0.4 is 5.32 Å². The second-order valence-corrected chi connectivity index (χ2v) is 8.13. The molecule has 1 N–H and O–H groups in total. The molecular formula is C16H21N5O3S. The smallest absolute Gasteiger partial charge is 0.273 e. The van der Waals surface area contributed by atoms with Gasteiger partial charge < -0.3 is 5.32 Å². The van der Waals surface area contributed by atoms with E-state index >= 15 is 0 Å². The number of nitrogens with zero attached hydrogens (tertiary/aromatic N) is 4. The normalized spacial score (nSPS) is 15.7. The Morgan fingerprint density at radius 2 is 2.00 bits per heavy atom. The first-order valence-electron chi connectivity index (χ1n) is 8.21. The van der Waals surface area contributed by atoms with Crippen molar-refractivity contribution in [2.45, 2.75) is 25.9 Å². The number of nitrogens with one attached hydrogen (secondary N) is 1. The molecule has 1 aromatic carbocycles. The molecule has 0 spiro atoms. The SMILES string of the molecule is CCCS(=O)(=O)N1CC(n2cc(C(=O)NCc3ccccc3)nn2)C1. The molecule has 0 bridgehead atoms. The Labute approximate surface area is 146 Å². The highest BCUT2D eigenvalue weighted by Gasteiger charge is 2.37. The summed E-state index contributed by atoms with van der Waals surface area (Å²) in [6, 6.07) is 9.52. The fraction of sp³-hybridized carbons (Fsp3) is 0.438. The van der Waals surface area contributed by atoms with Crippen LogP contribution in [0, 0.1) is 0 Å². The summed E-state index contributed by atoms with van der Waals surface area (Å²) in [5, 5.41) is 10.6. The fourth-order valence-electron chi connectivity index (χ4n) is 2.63. The van der Waals surface area contributed by atoms with Gasteiger partial charge in [-0.15, -0.1) is 5.10 Å². The van der Waals surface area contributed by atoms with Gasteiger partial charge in [0.15, 0.2) is 5.69 Å². The number of carbonyl (C=O) groups excluding carboxylic acids is 1. The first-order valence-corrected chi connectivity index (χ1v) is 9.82. The Hall–Kier alpha value is -2.26. The van der Waals surface area contributed by atoms with Crippen LogP contribution in [-0.2, 0) is 16.6 Å². The first-order chi connectivity index (χ1) is 12.0. The van der Waals surface area contributed by atoms with Crippen LogP contribution in [0.2, 0.25) is 0 Å². The van der Waals surface area contributed by atoms with E-state index < -0.39 is 10.0 Å². The summed E-state index contributed by atoms with van der Waals surface area (Å²) in [6.45, 7) is 3.00. The lowest BCUT2D eigenvalue weighted by molar-refractivity contribution is 0.0945. The van der Waals surface area contributed by atoms with E-state index in [4.69, 9.17) is 0 Å². The maximum atomic E-state index is 12.1. The van der Waals surface area contributed by atoms with Crippen molar-refractivity contribution >= 4 is 15.9 Å². The van der Waals surface area contributed by atoms with Crippen molar-refractivity contribution in [1.82, 2.24) is 24.6 Å². The minimum atomic E-state index is -3.17. The van der Waals surface area contributed by atoms with Crippen molar-refractivity contribution in [3.63, 3.8) is 0 Å². The van der Waals surface area contributed by atoms with Crippen LogP contribution >= 0.6 is 0 Å². The summed E-state index contributed by atoms with van der Waals surface area (Å²) in [4.78, 5) is 12.1. The Morgan fingerprint density at radius 1 is 1.28 bits per heavy atom. The minimum absolute atomic E-state index is 0.0743. The molecule has 2 heterocycles. The molecule has 1 aromatic heterocycles. The maximum absolute atomic E-state index is 12.1. The second kappa shape index (κ2) is 7.32. The molecule has 9 heteroatoms. The van der Waals surface area contributed by atoms with E-state index in [1.807, 2.05) is 37.3 Å². The topological polar surface area (TPSA) is 97.2 Å². The Kier molecular flexibility index (Phi) is 5.14. The average Bonchev–Trinajstić information content (AvgIpc) is 3.01. The molecule has 1 aliphatic heterocycles.